The Balaban J connectivity index is 0.00000161. The van der Waals surface area contributed by atoms with Crippen LogP contribution in [0.1, 0.15) is 19.3 Å². The molecule has 1 saturated carbocycles. The Morgan fingerprint density at radius 2 is 2.05 bits per heavy atom. The molecule has 0 aromatic carbocycles. The molecule has 1 N–H and O–H groups in total. The first kappa shape index (κ1) is 16.8. The fourth-order valence-electron chi connectivity index (χ4n) is 3.22. The van der Waals surface area contributed by atoms with Gasteiger partial charge >= 0.3 is 0 Å². The van der Waals surface area contributed by atoms with E-state index in [1.165, 1.54) is 38.1 Å². The first-order valence-corrected chi connectivity index (χ1v) is 9.01. The van der Waals surface area contributed by atoms with Crippen molar-refractivity contribution in [1.82, 2.24) is 14.9 Å². The molecule has 2 heterocycles. The number of aromatic nitrogens is 2. The van der Waals surface area contributed by atoms with Crippen molar-refractivity contribution in [2.24, 2.45) is 11.8 Å². The first-order chi connectivity index (χ1) is 9.86. The summed E-state index contributed by atoms with van der Waals surface area (Å²) in [6, 6.07) is 2.39. The van der Waals surface area contributed by atoms with E-state index in [4.69, 9.17) is 0 Å². The molecule has 2 atom stereocenters. The van der Waals surface area contributed by atoms with E-state index in [9.17, 15) is 0 Å². The van der Waals surface area contributed by atoms with Crippen LogP contribution in [0.3, 0.4) is 0 Å². The maximum atomic E-state index is 4.31. The molecule has 118 valence electrons. The summed E-state index contributed by atoms with van der Waals surface area (Å²) in [6.07, 6.45) is 9.94. The highest BCUT2D eigenvalue weighted by Gasteiger charge is 2.42. The Hall–Kier alpha value is -0.520. The van der Waals surface area contributed by atoms with Crippen molar-refractivity contribution in [2.75, 3.05) is 37.0 Å². The van der Waals surface area contributed by atoms with Crippen LogP contribution in [0.25, 0.3) is 0 Å². The van der Waals surface area contributed by atoms with E-state index < -0.39 is 0 Å². The van der Waals surface area contributed by atoms with Gasteiger partial charge < -0.3 is 10.2 Å². The fraction of sp³-hybridized carbons (Fsp3) is 0.733. The van der Waals surface area contributed by atoms with Crippen LogP contribution < -0.4 is 5.32 Å². The Kier molecular flexibility index (Phi) is 6.58. The van der Waals surface area contributed by atoms with Crippen LogP contribution in [0.4, 0.5) is 5.95 Å². The third kappa shape index (κ3) is 4.73. The molecular formula is C15H25ClN4S. The smallest absolute Gasteiger partial charge is 0.222 e. The van der Waals surface area contributed by atoms with Gasteiger partial charge in [0, 0.05) is 31.5 Å². The van der Waals surface area contributed by atoms with Gasteiger partial charge in [-0.3, -0.25) is 0 Å². The minimum atomic E-state index is 0. The SMILES string of the molecule is CSCCCN1C[C@H](Nc2ncccn2)[C@@H](C2CC2)C1.Cl. The number of hydrogen-bond donors (Lipinski definition) is 1. The average molecular weight is 329 g/mol. The molecule has 1 aliphatic carbocycles. The summed E-state index contributed by atoms with van der Waals surface area (Å²) in [5.74, 6) is 3.77. The minimum Gasteiger partial charge on any atom is -0.350 e. The second kappa shape index (κ2) is 8.20. The molecule has 2 aliphatic rings. The number of hydrogen-bond acceptors (Lipinski definition) is 5. The van der Waals surface area contributed by atoms with Gasteiger partial charge in [0.1, 0.15) is 0 Å². The number of likely N-dealkylation sites (tertiary alicyclic amines) is 1. The summed E-state index contributed by atoms with van der Waals surface area (Å²) in [4.78, 5) is 11.3. The van der Waals surface area contributed by atoms with Gasteiger partial charge in [-0.1, -0.05) is 0 Å². The number of nitrogens with zero attached hydrogens (tertiary/aromatic N) is 3. The maximum Gasteiger partial charge on any atom is 0.222 e. The molecule has 21 heavy (non-hydrogen) atoms. The summed E-state index contributed by atoms with van der Waals surface area (Å²) in [7, 11) is 0. The maximum absolute atomic E-state index is 4.31. The molecule has 0 bridgehead atoms. The Bertz CT molecular complexity index is 415. The number of nitrogens with one attached hydrogen (secondary N) is 1. The molecule has 0 unspecified atom stereocenters. The van der Waals surface area contributed by atoms with Gasteiger partial charge in [0.25, 0.3) is 0 Å². The average Bonchev–Trinajstić information content (AvgIpc) is 3.24. The second-order valence-electron chi connectivity index (χ2n) is 5.93. The molecule has 0 radical (unpaired) electrons. The van der Waals surface area contributed by atoms with E-state index >= 15 is 0 Å². The molecule has 3 rings (SSSR count). The van der Waals surface area contributed by atoms with Gasteiger partial charge in [0.15, 0.2) is 0 Å². The molecule has 1 aromatic rings. The van der Waals surface area contributed by atoms with Gasteiger partial charge in [-0.05, 0) is 55.7 Å². The van der Waals surface area contributed by atoms with Crippen molar-refractivity contribution in [3.05, 3.63) is 18.5 Å². The zero-order chi connectivity index (χ0) is 13.8. The number of thioether (sulfide) groups is 1. The van der Waals surface area contributed by atoms with Crippen molar-refractivity contribution < 1.29 is 0 Å². The van der Waals surface area contributed by atoms with Crippen molar-refractivity contribution in [2.45, 2.75) is 25.3 Å². The minimum absolute atomic E-state index is 0. The number of anilines is 1. The van der Waals surface area contributed by atoms with Crippen LogP contribution in [-0.4, -0.2) is 52.6 Å². The first-order valence-electron chi connectivity index (χ1n) is 7.61. The van der Waals surface area contributed by atoms with Crippen LogP contribution in [0.5, 0.6) is 0 Å². The van der Waals surface area contributed by atoms with Gasteiger partial charge in [-0.15, -0.1) is 12.4 Å². The Morgan fingerprint density at radius 3 is 2.71 bits per heavy atom. The molecule has 0 amide bonds. The highest BCUT2D eigenvalue weighted by atomic mass is 35.5. The molecule has 0 spiro atoms. The summed E-state index contributed by atoms with van der Waals surface area (Å²) in [6.45, 7) is 3.63. The van der Waals surface area contributed by atoms with E-state index in [0.29, 0.717) is 6.04 Å². The van der Waals surface area contributed by atoms with E-state index in [1.807, 2.05) is 30.2 Å². The van der Waals surface area contributed by atoms with Crippen LogP contribution in [0.15, 0.2) is 18.5 Å². The largest absolute Gasteiger partial charge is 0.350 e. The molecule has 2 fully saturated rings. The normalized spacial score (nSPS) is 25.6. The molecule has 6 heteroatoms. The predicted molar refractivity (Wildman–Crippen MR) is 92.3 cm³/mol. The van der Waals surface area contributed by atoms with Gasteiger partial charge in [0.05, 0.1) is 0 Å². The summed E-state index contributed by atoms with van der Waals surface area (Å²) in [5.41, 5.74) is 0. The van der Waals surface area contributed by atoms with Gasteiger partial charge in [-0.2, -0.15) is 11.8 Å². The van der Waals surface area contributed by atoms with E-state index in [0.717, 1.165) is 24.3 Å². The fourth-order valence-corrected chi connectivity index (χ4v) is 3.64. The summed E-state index contributed by atoms with van der Waals surface area (Å²) < 4.78 is 0. The van der Waals surface area contributed by atoms with Crippen LogP contribution >= 0.6 is 24.2 Å². The molecule has 4 nitrogen and oxygen atoms in total. The van der Waals surface area contributed by atoms with Crippen molar-refractivity contribution in [1.29, 1.82) is 0 Å². The van der Waals surface area contributed by atoms with Crippen LogP contribution in [-0.2, 0) is 0 Å². The van der Waals surface area contributed by atoms with Crippen molar-refractivity contribution >= 4 is 30.1 Å². The zero-order valence-corrected chi connectivity index (χ0v) is 14.2. The molecule has 1 aliphatic heterocycles. The topological polar surface area (TPSA) is 41.0 Å². The highest BCUT2D eigenvalue weighted by Crippen LogP contribution is 2.42. The van der Waals surface area contributed by atoms with Crippen LogP contribution in [0, 0.1) is 11.8 Å². The van der Waals surface area contributed by atoms with Gasteiger partial charge in [0.2, 0.25) is 5.95 Å². The third-order valence-electron chi connectivity index (χ3n) is 4.37. The van der Waals surface area contributed by atoms with Crippen molar-refractivity contribution in [3.8, 4) is 0 Å². The predicted octanol–water partition coefficient (Wildman–Crippen LogP) is 2.77. The molecular weight excluding hydrogens is 304 g/mol. The lowest BCUT2D eigenvalue weighted by Crippen LogP contribution is -2.30. The number of rotatable bonds is 7. The van der Waals surface area contributed by atoms with Gasteiger partial charge in [-0.25, -0.2) is 9.97 Å². The molecule has 1 saturated heterocycles. The van der Waals surface area contributed by atoms with E-state index in [-0.39, 0.29) is 12.4 Å². The Morgan fingerprint density at radius 1 is 1.29 bits per heavy atom. The highest BCUT2D eigenvalue weighted by molar-refractivity contribution is 7.98. The standard InChI is InChI=1S/C15H24N4S.ClH/c1-20-9-3-8-19-10-13(12-4-5-12)14(11-19)18-15-16-6-2-7-17-15;/h2,6-7,12-14H,3-5,8-11H2,1H3,(H,16,17,18);1H/t13-,14+;/m1./s1. The lowest BCUT2D eigenvalue weighted by atomic mass is 9.98. The summed E-state index contributed by atoms with van der Waals surface area (Å²) in [5, 5.41) is 3.56. The summed E-state index contributed by atoms with van der Waals surface area (Å²) >= 11 is 1.95. The number of halogens is 1. The monoisotopic (exact) mass is 328 g/mol. The molecule has 1 aromatic heterocycles. The second-order valence-corrected chi connectivity index (χ2v) is 6.92. The lowest BCUT2D eigenvalue weighted by Gasteiger charge is -2.19. The van der Waals surface area contributed by atoms with E-state index in [2.05, 4.69) is 26.4 Å². The quantitative estimate of drug-likeness (QED) is 0.779. The third-order valence-corrected chi connectivity index (χ3v) is 5.07. The zero-order valence-electron chi connectivity index (χ0n) is 12.6. The Labute approximate surface area is 137 Å². The van der Waals surface area contributed by atoms with E-state index in [1.54, 1.807) is 0 Å². The van der Waals surface area contributed by atoms with Crippen molar-refractivity contribution in [3.63, 3.8) is 0 Å². The lowest BCUT2D eigenvalue weighted by molar-refractivity contribution is 0.319. The van der Waals surface area contributed by atoms with Crippen LogP contribution in [0.2, 0.25) is 0 Å².